The lowest BCUT2D eigenvalue weighted by Gasteiger charge is -2.20. The minimum absolute atomic E-state index is 0. The molecule has 0 aliphatic heterocycles. The van der Waals surface area contributed by atoms with E-state index in [1.165, 1.54) is 24.5 Å². The molecule has 35 heavy (non-hydrogen) atoms. The number of halogens is 3. The summed E-state index contributed by atoms with van der Waals surface area (Å²) in [5.74, 6) is -1.17. The predicted octanol–water partition coefficient (Wildman–Crippen LogP) is 4.81. The number of sulfonamides is 1. The topological polar surface area (TPSA) is 123 Å². The second kappa shape index (κ2) is 10.5. The Labute approximate surface area is 199 Å². The van der Waals surface area contributed by atoms with E-state index in [2.05, 4.69) is 30.2 Å². The summed E-state index contributed by atoms with van der Waals surface area (Å²) in [5, 5.41) is 9.95. The fourth-order valence-electron chi connectivity index (χ4n) is 3.05. The lowest BCUT2D eigenvalue weighted by molar-refractivity contribution is 0.116. The normalized spacial score (nSPS) is 12.1. The molecule has 4 aromatic rings. The molecule has 0 bridgehead atoms. The quantitative estimate of drug-likeness (QED) is 0.349. The molecule has 0 spiro atoms. The van der Waals surface area contributed by atoms with Crippen LogP contribution in [0.4, 0.5) is 24.8 Å². The molecule has 0 saturated heterocycles. The number of aromatic nitrogens is 4. The summed E-state index contributed by atoms with van der Waals surface area (Å²) >= 11 is 0. The third-order valence-corrected chi connectivity index (χ3v) is 5.16. The maximum atomic E-state index is 13.5. The number of alkyl halides is 2. The number of nitrogens with one attached hydrogen (secondary N) is 2. The van der Waals surface area contributed by atoms with Gasteiger partial charge in [-0.2, -0.15) is 8.78 Å². The van der Waals surface area contributed by atoms with Gasteiger partial charge in [-0.1, -0.05) is 31.7 Å². The molecular weight excluding hydrogens is 485 g/mol. The molecule has 0 aliphatic carbocycles. The molecule has 2 heterocycles. The maximum absolute atomic E-state index is 13.5. The number of anilines is 2. The number of nitrogens with zero attached hydrogens (tertiary/aromatic N) is 4. The smallest absolute Gasteiger partial charge is 0.314 e. The van der Waals surface area contributed by atoms with Gasteiger partial charge in [-0.3, -0.25) is 4.72 Å². The van der Waals surface area contributed by atoms with E-state index in [9.17, 15) is 21.6 Å². The molecule has 13 heteroatoms. The molecular formula is C22H21F3N6O3S. The molecule has 0 saturated carbocycles. The first-order valence-electron chi connectivity index (χ1n) is 9.71. The number of hydrogen-bond acceptors (Lipinski definition) is 8. The number of hydrogen-bond donors (Lipinski definition) is 2. The van der Waals surface area contributed by atoms with Gasteiger partial charge in [0.1, 0.15) is 5.82 Å². The predicted molar refractivity (Wildman–Crippen MR) is 124 cm³/mol. The first-order valence-corrected chi connectivity index (χ1v) is 11.6. The van der Waals surface area contributed by atoms with Crippen LogP contribution in [0.5, 0.6) is 0 Å². The third-order valence-electron chi connectivity index (χ3n) is 4.55. The van der Waals surface area contributed by atoms with Crippen LogP contribution in [0, 0.1) is 5.82 Å². The molecule has 184 valence electrons. The lowest BCUT2D eigenvalue weighted by atomic mass is 9.98. The zero-order chi connectivity index (χ0) is 24.3. The zero-order valence-electron chi connectivity index (χ0n) is 17.5. The Balaban J connectivity index is 0.00000342. The standard InChI is InChI=1S/C21H17F3N6O3S.CH4/c1-34(31,32)30-16-8-4-13(5-9-16)17(12-2-6-15(22)7-3-12)27-21-25-10-14(11-26-21)19-28-29-20(33-19)18(23)24;/h2-11,17-18,30H,1H3,(H,25,26,27);1H4. The van der Waals surface area contributed by atoms with Crippen LogP contribution in [-0.2, 0) is 10.0 Å². The molecule has 0 amide bonds. The van der Waals surface area contributed by atoms with Crippen molar-refractivity contribution in [2.24, 2.45) is 0 Å². The first kappa shape index (κ1) is 25.6. The van der Waals surface area contributed by atoms with Crippen molar-refractivity contribution < 1.29 is 26.0 Å². The van der Waals surface area contributed by atoms with Crippen molar-refractivity contribution in [2.75, 3.05) is 16.3 Å². The van der Waals surface area contributed by atoms with Crippen molar-refractivity contribution in [3.63, 3.8) is 0 Å². The SMILES string of the molecule is C.CS(=O)(=O)Nc1ccc(C(Nc2ncc(-c3nnc(C(F)F)o3)cn2)c2ccc(F)cc2)cc1. The summed E-state index contributed by atoms with van der Waals surface area (Å²) in [5.41, 5.74) is 2.04. The van der Waals surface area contributed by atoms with Crippen LogP contribution in [-0.4, -0.2) is 34.8 Å². The van der Waals surface area contributed by atoms with Crippen LogP contribution < -0.4 is 10.0 Å². The fraction of sp³-hybridized carbons (Fsp3) is 0.182. The highest BCUT2D eigenvalue weighted by Crippen LogP contribution is 2.28. The highest BCUT2D eigenvalue weighted by Gasteiger charge is 2.19. The molecule has 1 atom stereocenters. The van der Waals surface area contributed by atoms with Gasteiger partial charge >= 0.3 is 6.43 Å². The van der Waals surface area contributed by atoms with Crippen molar-refractivity contribution in [1.29, 1.82) is 0 Å². The average molecular weight is 507 g/mol. The van der Waals surface area contributed by atoms with E-state index in [4.69, 9.17) is 4.42 Å². The molecule has 9 nitrogen and oxygen atoms in total. The first-order chi connectivity index (χ1) is 16.2. The van der Waals surface area contributed by atoms with Crippen LogP contribution in [0.25, 0.3) is 11.5 Å². The molecule has 0 radical (unpaired) electrons. The van der Waals surface area contributed by atoms with Gasteiger partial charge in [-0.25, -0.2) is 22.8 Å². The Morgan fingerprint density at radius 2 is 1.49 bits per heavy atom. The average Bonchev–Trinajstić information content (AvgIpc) is 3.29. The van der Waals surface area contributed by atoms with Crippen molar-refractivity contribution in [2.45, 2.75) is 19.9 Å². The minimum Gasteiger partial charge on any atom is -0.415 e. The van der Waals surface area contributed by atoms with Gasteiger partial charge in [0, 0.05) is 18.1 Å². The van der Waals surface area contributed by atoms with Crippen LogP contribution in [0.2, 0.25) is 0 Å². The highest BCUT2D eigenvalue weighted by molar-refractivity contribution is 7.92. The van der Waals surface area contributed by atoms with Crippen molar-refractivity contribution in [3.05, 3.63) is 83.8 Å². The second-order valence-corrected chi connectivity index (χ2v) is 8.92. The van der Waals surface area contributed by atoms with Gasteiger partial charge in [-0.05, 0) is 35.4 Å². The summed E-state index contributed by atoms with van der Waals surface area (Å²) in [7, 11) is -3.43. The zero-order valence-corrected chi connectivity index (χ0v) is 18.3. The van der Waals surface area contributed by atoms with E-state index in [1.54, 1.807) is 36.4 Å². The largest absolute Gasteiger partial charge is 0.415 e. The van der Waals surface area contributed by atoms with Gasteiger partial charge in [0.25, 0.3) is 11.8 Å². The summed E-state index contributed by atoms with van der Waals surface area (Å²) in [4.78, 5) is 8.36. The number of benzene rings is 2. The monoisotopic (exact) mass is 506 g/mol. The lowest BCUT2D eigenvalue weighted by Crippen LogP contribution is -2.15. The maximum Gasteiger partial charge on any atom is 0.314 e. The summed E-state index contributed by atoms with van der Waals surface area (Å²) in [6.45, 7) is 0. The van der Waals surface area contributed by atoms with Gasteiger partial charge in [0.2, 0.25) is 16.0 Å². The van der Waals surface area contributed by atoms with Crippen molar-refractivity contribution in [3.8, 4) is 11.5 Å². The molecule has 0 aliphatic rings. The minimum atomic E-state index is -3.43. The molecule has 0 fully saturated rings. The molecule has 1 unspecified atom stereocenters. The van der Waals surface area contributed by atoms with Gasteiger partial charge in [0.15, 0.2) is 0 Å². The van der Waals surface area contributed by atoms with Crippen LogP contribution >= 0.6 is 0 Å². The summed E-state index contributed by atoms with van der Waals surface area (Å²) < 4.78 is 69.0. The van der Waals surface area contributed by atoms with Crippen molar-refractivity contribution >= 4 is 21.7 Å². The Kier molecular flexibility index (Phi) is 7.69. The second-order valence-electron chi connectivity index (χ2n) is 7.17. The van der Waals surface area contributed by atoms with Gasteiger partial charge < -0.3 is 9.73 Å². The third kappa shape index (κ3) is 6.53. The fourth-order valence-corrected chi connectivity index (χ4v) is 3.62. The van der Waals surface area contributed by atoms with E-state index in [1.807, 2.05) is 0 Å². The Bertz CT molecular complexity index is 1360. The highest BCUT2D eigenvalue weighted by atomic mass is 32.2. The van der Waals surface area contributed by atoms with Crippen LogP contribution in [0.3, 0.4) is 0 Å². The van der Waals surface area contributed by atoms with E-state index >= 15 is 0 Å². The van der Waals surface area contributed by atoms with Gasteiger partial charge in [0.05, 0.1) is 17.9 Å². The van der Waals surface area contributed by atoms with E-state index in [0.717, 1.165) is 11.8 Å². The summed E-state index contributed by atoms with van der Waals surface area (Å²) in [6.07, 6.45) is 0.823. The van der Waals surface area contributed by atoms with E-state index in [0.29, 0.717) is 11.3 Å². The Morgan fingerprint density at radius 3 is 2.00 bits per heavy atom. The molecule has 2 aromatic carbocycles. The van der Waals surface area contributed by atoms with E-state index < -0.39 is 34.2 Å². The Hall–Kier alpha value is -4.00. The van der Waals surface area contributed by atoms with Crippen molar-refractivity contribution in [1.82, 2.24) is 20.2 Å². The van der Waals surface area contributed by atoms with Gasteiger partial charge in [-0.15, -0.1) is 10.2 Å². The number of rotatable bonds is 8. The van der Waals surface area contributed by atoms with Crippen LogP contribution in [0.15, 0.2) is 65.3 Å². The van der Waals surface area contributed by atoms with Crippen LogP contribution in [0.1, 0.15) is 36.9 Å². The van der Waals surface area contributed by atoms with E-state index in [-0.39, 0.29) is 24.8 Å². The summed E-state index contributed by atoms with van der Waals surface area (Å²) in [6, 6.07) is 11.9. The molecule has 2 N–H and O–H groups in total. The molecule has 4 rings (SSSR count). The Morgan fingerprint density at radius 1 is 0.914 bits per heavy atom. The molecule has 2 aromatic heterocycles.